The molecule has 0 bridgehead atoms. The summed E-state index contributed by atoms with van der Waals surface area (Å²) in [5, 5.41) is 30.6. The third-order valence-electron chi connectivity index (χ3n) is 6.55. The Morgan fingerprint density at radius 2 is 1.78 bits per heavy atom. The van der Waals surface area contributed by atoms with Gasteiger partial charge in [0, 0.05) is 5.41 Å². The van der Waals surface area contributed by atoms with Crippen molar-refractivity contribution in [1.29, 1.82) is 0 Å². The van der Waals surface area contributed by atoms with E-state index in [1.165, 1.54) is 16.7 Å². The fourth-order valence-electron chi connectivity index (χ4n) is 5.33. The molecule has 0 aromatic heterocycles. The molecular formula is C24H26O3. The lowest BCUT2D eigenvalue weighted by molar-refractivity contribution is -0.00804. The van der Waals surface area contributed by atoms with Gasteiger partial charge in [0.25, 0.3) is 0 Å². The number of benzene rings is 2. The molecule has 0 saturated heterocycles. The van der Waals surface area contributed by atoms with Crippen LogP contribution in [0.2, 0.25) is 0 Å². The molecule has 2 aliphatic carbocycles. The Labute approximate surface area is 160 Å². The van der Waals surface area contributed by atoms with Crippen molar-refractivity contribution in [3.63, 3.8) is 0 Å². The molecule has 0 radical (unpaired) electrons. The molecule has 27 heavy (non-hydrogen) atoms. The van der Waals surface area contributed by atoms with Crippen LogP contribution in [0, 0.1) is 17.8 Å². The van der Waals surface area contributed by atoms with E-state index in [-0.39, 0.29) is 11.2 Å². The summed E-state index contributed by atoms with van der Waals surface area (Å²) in [6.07, 6.45) is 4.98. The maximum absolute atomic E-state index is 11.0. The molecule has 3 nitrogen and oxygen atoms in total. The predicted octanol–water partition coefficient (Wildman–Crippen LogP) is 4.08. The lowest BCUT2D eigenvalue weighted by Crippen LogP contribution is -2.50. The molecule has 0 amide bonds. The standard InChI is InChI=1S/C24H26O3/c1-2-11-23(27)12-13-24(15-17-3-7-20(25)8-4-17)19(16-23)6-5-18-14-21(26)9-10-22(18)24/h3-4,7-10,14,19,25-27H,5-6,12-13,15-16H2,1H3/t19-,23-,24+/m1/s1. The van der Waals surface area contributed by atoms with E-state index in [4.69, 9.17) is 0 Å². The molecule has 3 N–H and O–H groups in total. The molecule has 0 spiro atoms. The molecule has 0 aliphatic heterocycles. The van der Waals surface area contributed by atoms with E-state index in [1.807, 2.05) is 18.2 Å². The minimum Gasteiger partial charge on any atom is -0.508 e. The Balaban J connectivity index is 1.78. The highest BCUT2D eigenvalue weighted by molar-refractivity contribution is 5.45. The average Bonchev–Trinajstić information content (AvgIpc) is 2.64. The number of hydrogen-bond donors (Lipinski definition) is 3. The molecule has 140 valence electrons. The molecule has 2 aromatic rings. The Morgan fingerprint density at radius 3 is 2.52 bits per heavy atom. The van der Waals surface area contributed by atoms with Crippen molar-refractivity contribution in [3.8, 4) is 23.3 Å². The van der Waals surface area contributed by atoms with Gasteiger partial charge in [-0.2, -0.15) is 0 Å². The highest BCUT2D eigenvalue weighted by Crippen LogP contribution is 2.54. The van der Waals surface area contributed by atoms with Gasteiger partial charge in [0.1, 0.15) is 17.1 Å². The van der Waals surface area contributed by atoms with E-state index in [0.29, 0.717) is 24.5 Å². The maximum Gasteiger partial charge on any atom is 0.125 e. The minimum absolute atomic E-state index is 0.0695. The number of aliphatic hydroxyl groups is 1. The van der Waals surface area contributed by atoms with Crippen LogP contribution in [-0.4, -0.2) is 20.9 Å². The second-order valence-corrected chi connectivity index (χ2v) is 8.19. The van der Waals surface area contributed by atoms with Crippen LogP contribution in [0.1, 0.15) is 49.3 Å². The lowest BCUT2D eigenvalue weighted by Gasteiger charge is -2.52. The van der Waals surface area contributed by atoms with Gasteiger partial charge >= 0.3 is 0 Å². The molecule has 4 rings (SSSR count). The first-order chi connectivity index (χ1) is 12.9. The predicted molar refractivity (Wildman–Crippen MR) is 106 cm³/mol. The summed E-state index contributed by atoms with van der Waals surface area (Å²) in [6, 6.07) is 13.2. The van der Waals surface area contributed by atoms with Gasteiger partial charge in [0.2, 0.25) is 0 Å². The number of aromatic hydroxyl groups is 2. The first-order valence-corrected chi connectivity index (χ1v) is 9.71. The highest BCUT2D eigenvalue weighted by Gasteiger charge is 2.51. The number of phenols is 2. The van der Waals surface area contributed by atoms with Gasteiger partial charge in [0.05, 0.1) is 0 Å². The van der Waals surface area contributed by atoms with Crippen LogP contribution in [0.4, 0.5) is 0 Å². The topological polar surface area (TPSA) is 60.7 Å². The number of hydrogen-bond acceptors (Lipinski definition) is 3. The molecular weight excluding hydrogens is 336 g/mol. The van der Waals surface area contributed by atoms with Crippen LogP contribution >= 0.6 is 0 Å². The minimum atomic E-state index is -0.897. The van der Waals surface area contributed by atoms with Crippen molar-refractivity contribution < 1.29 is 15.3 Å². The van der Waals surface area contributed by atoms with Gasteiger partial charge in [-0.25, -0.2) is 0 Å². The average molecular weight is 362 g/mol. The van der Waals surface area contributed by atoms with Gasteiger partial charge in [-0.1, -0.05) is 24.1 Å². The van der Waals surface area contributed by atoms with Crippen molar-refractivity contribution in [1.82, 2.24) is 0 Å². The molecule has 1 fully saturated rings. The van der Waals surface area contributed by atoms with Crippen LogP contribution in [0.25, 0.3) is 0 Å². The van der Waals surface area contributed by atoms with Gasteiger partial charge in [-0.3, -0.25) is 0 Å². The molecule has 2 aromatic carbocycles. The fourth-order valence-corrected chi connectivity index (χ4v) is 5.33. The monoisotopic (exact) mass is 362 g/mol. The molecule has 0 unspecified atom stereocenters. The van der Waals surface area contributed by atoms with E-state index >= 15 is 0 Å². The fraction of sp³-hybridized carbons (Fsp3) is 0.417. The molecule has 1 saturated carbocycles. The van der Waals surface area contributed by atoms with Crippen molar-refractivity contribution in [3.05, 3.63) is 59.2 Å². The molecule has 2 aliphatic rings. The number of phenolic OH excluding ortho intramolecular Hbond substituents is 2. The van der Waals surface area contributed by atoms with Crippen molar-refractivity contribution >= 4 is 0 Å². The third-order valence-corrected chi connectivity index (χ3v) is 6.55. The second kappa shape index (κ2) is 6.62. The summed E-state index contributed by atoms with van der Waals surface area (Å²) >= 11 is 0. The van der Waals surface area contributed by atoms with Crippen molar-refractivity contribution in [2.75, 3.05) is 0 Å². The van der Waals surface area contributed by atoms with Crippen LogP contribution in [0.15, 0.2) is 42.5 Å². The summed E-state index contributed by atoms with van der Waals surface area (Å²) in [5.74, 6) is 6.88. The summed E-state index contributed by atoms with van der Waals surface area (Å²) in [5.41, 5.74) is 2.74. The zero-order valence-corrected chi connectivity index (χ0v) is 15.7. The summed E-state index contributed by atoms with van der Waals surface area (Å²) in [7, 11) is 0. The Kier molecular flexibility index (Phi) is 4.40. The summed E-state index contributed by atoms with van der Waals surface area (Å²) < 4.78 is 0. The van der Waals surface area contributed by atoms with E-state index in [0.717, 1.165) is 25.7 Å². The van der Waals surface area contributed by atoms with Gasteiger partial charge in [-0.05, 0) is 92.3 Å². The Morgan fingerprint density at radius 1 is 1.04 bits per heavy atom. The van der Waals surface area contributed by atoms with E-state index < -0.39 is 5.60 Å². The second-order valence-electron chi connectivity index (χ2n) is 8.19. The van der Waals surface area contributed by atoms with Crippen molar-refractivity contribution in [2.24, 2.45) is 5.92 Å². The third kappa shape index (κ3) is 3.19. The van der Waals surface area contributed by atoms with Crippen LogP contribution in [0.5, 0.6) is 11.5 Å². The zero-order chi connectivity index (χ0) is 19.1. The normalized spacial score (nSPS) is 29.2. The Bertz CT molecular complexity index is 905. The number of fused-ring (bicyclic) bond motifs is 3. The summed E-state index contributed by atoms with van der Waals surface area (Å²) in [6.45, 7) is 1.79. The largest absolute Gasteiger partial charge is 0.508 e. The highest BCUT2D eigenvalue weighted by atomic mass is 16.3. The van der Waals surface area contributed by atoms with E-state index in [9.17, 15) is 15.3 Å². The Hall–Kier alpha value is -2.44. The quantitative estimate of drug-likeness (QED) is 0.706. The van der Waals surface area contributed by atoms with E-state index in [1.54, 1.807) is 25.1 Å². The van der Waals surface area contributed by atoms with Crippen LogP contribution in [-0.2, 0) is 18.3 Å². The molecule has 0 heterocycles. The molecule has 3 atom stereocenters. The SMILES string of the molecule is CC#C[C@@]1(O)CC[C@@]2(Cc3ccc(O)cc3)c3ccc(O)cc3CC[C@@H]2C1. The lowest BCUT2D eigenvalue weighted by atomic mass is 9.52. The van der Waals surface area contributed by atoms with Gasteiger partial charge in [-0.15, -0.1) is 5.92 Å². The van der Waals surface area contributed by atoms with Crippen LogP contribution in [0.3, 0.4) is 0 Å². The van der Waals surface area contributed by atoms with Crippen LogP contribution < -0.4 is 0 Å². The first kappa shape index (κ1) is 17.9. The first-order valence-electron chi connectivity index (χ1n) is 9.71. The van der Waals surface area contributed by atoms with Gasteiger partial charge in [0.15, 0.2) is 0 Å². The van der Waals surface area contributed by atoms with Crippen molar-refractivity contribution in [2.45, 2.75) is 56.5 Å². The van der Waals surface area contributed by atoms with Gasteiger partial charge < -0.3 is 15.3 Å². The number of rotatable bonds is 2. The number of aryl methyl sites for hydroxylation is 1. The maximum atomic E-state index is 11.0. The summed E-state index contributed by atoms with van der Waals surface area (Å²) in [4.78, 5) is 0. The van der Waals surface area contributed by atoms with E-state index in [2.05, 4.69) is 17.9 Å². The zero-order valence-electron chi connectivity index (χ0n) is 15.7. The smallest absolute Gasteiger partial charge is 0.125 e. The molecule has 3 heteroatoms.